The van der Waals surface area contributed by atoms with Crippen molar-refractivity contribution in [2.45, 2.75) is 25.6 Å². The van der Waals surface area contributed by atoms with Crippen LogP contribution in [-0.2, 0) is 6.18 Å². The van der Waals surface area contributed by atoms with Crippen LogP contribution in [0.3, 0.4) is 0 Å². The van der Waals surface area contributed by atoms with Gasteiger partial charge in [0, 0.05) is 11.8 Å². The molecule has 0 radical (unpaired) electrons. The minimum atomic E-state index is -4.78. The monoisotopic (exact) mass is 377 g/mol. The first-order valence-electron chi connectivity index (χ1n) is 7.07. The molecule has 6 nitrogen and oxygen atoms in total. The second kappa shape index (κ2) is 6.42. The van der Waals surface area contributed by atoms with E-state index in [1.165, 1.54) is 12.1 Å². The second-order valence-electron chi connectivity index (χ2n) is 5.18. The molecular formula is C14H9F6N5O. The lowest BCUT2D eigenvalue weighted by atomic mass is 10.2. The maximum absolute atomic E-state index is 14.0. The Morgan fingerprint density at radius 2 is 1.88 bits per heavy atom. The van der Waals surface area contributed by atoms with Gasteiger partial charge >= 0.3 is 6.18 Å². The zero-order valence-electron chi connectivity index (χ0n) is 12.9. The first kappa shape index (κ1) is 17.9. The Kier molecular flexibility index (Phi) is 4.42. The van der Waals surface area contributed by atoms with Crippen LogP contribution in [0.5, 0.6) is 5.88 Å². The number of fused-ring (bicyclic) bond motifs is 1. The van der Waals surface area contributed by atoms with Gasteiger partial charge in [0.05, 0.1) is 5.69 Å². The summed E-state index contributed by atoms with van der Waals surface area (Å²) in [7, 11) is 0. The fourth-order valence-corrected chi connectivity index (χ4v) is 2.00. The Hall–Kier alpha value is -2.92. The molecule has 0 aromatic carbocycles. The molecule has 0 aliphatic rings. The van der Waals surface area contributed by atoms with Crippen LogP contribution in [0.1, 0.15) is 12.7 Å². The van der Waals surface area contributed by atoms with Crippen LogP contribution in [-0.4, -0.2) is 37.3 Å². The lowest BCUT2D eigenvalue weighted by molar-refractivity contribution is -0.146. The average molecular weight is 377 g/mol. The van der Waals surface area contributed by atoms with Crippen LogP contribution in [0.2, 0.25) is 0 Å². The predicted octanol–water partition coefficient (Wildman–Crippen LogP) is 3.38. The van der Waals surface area contributed by atoms with E-state index in [1.807, 2.05) is 0 Å². The molecule has 0 saturated carbocycles. The molecule has 0 saturated heterocycles. The quantitative estimate of drug-likeness (QED) is 0.653. The molecule has 0 amide bonds. The topological polar surface area (TPSA) is 65.2 Å². The zero-order valence-corrected chi connectivity index (χ0v) is 12.9. The number of aromatic nitrogens is 5. The minimum Gasteiger partial charge on any atom is -0.466 e. The van der Waals surface area contributed by atoms with Gasteiger partial charge in [-0.05, 0) is 25.1 Å². The molecule has 12 heteroatoms. The van der Waals surface area contributed by atoms with E-state index in [4.69, 9.17) is 0 Å². The summed E-state index contributed by atoms with van der Waals surface area (Å²) in [5, 5.41) is 10.1. The van der Waals surface area contributed by atoms with E-state index < -0.39 is 36.2 Å². The van der Waals surface area contributed by atoms with E-state index in [0.717, 1.165) is 19.2 Å². The molecule has 0 aliphatic heterocycles. The SMILES string of the molecule is C[C@@H](Oc1ncc(-c2ccc3nnc(C(F)(F)F)n3n2)cc1F)C(F)F. The molecule has 3 aromatic heterocycles. The first-order chi connectivity index (χ1) is 12.2. The van der Waals surface area contributed by atoms with Gasteiger partial charge in [-0.25, -0.2) is 18.2 Å². The Morgan fingerprint density at radius 3 is 2.50 bits per heavy atom. The highest BCUT2D eigenvalue weighted by Crippen LogP contribution is 2.28. The average Bonchev–Trinajstić information content (AvgIpc) is 2.99. The lowest BCUT2D eigenvalue weighted by Crippen LogP contribution is -2.22. The smallest absolute Gasteiger partial charge is 0.453 e. The number of rotatable bonds is 4. The number of alkyl halides is 5. The number of hydrogen-bond acceptors (Lipinski definition) is 5. The van der Waals surface area contributed by atoms with Gasteiger partial charge in [0.15, 0.2) is 17.6 Å². The van der Waals surface area contributed by atoms with Crippen molar-refractivity contribution in [3.8, 4) is 17.1 Å². The van der Waals surface area contributed by atoms with Crippen molar-refractivity contribution in [2.75, 3.05) is 0 Å². The third-order valence-electron chi connectivity index (χ3n) is 3.27. The molecule has 1 atom stereocenters. The fraction of sp³-hybridized carbons (Fsp3) is 0.286. The van der Waals surface area contributed by atoms with E-state index in [9.17, 15) is 26.3 Å². The van der Waals surface area contributed by atoms with Crippen molar-refractivity contribution in [1.82, 2.24) is 24.8 Å². The second-order valence-corrected chi connectivity index (χ2v) is 5.18. The number of halogens is 6. The molecular weight excluding hydrogens is 368 g/mol. The summed E-state index contributed by atoms with van der Waals surface area (Å²) in [5.41, 5.74) is -0.189. The van der Waals surface area contributed by atoms with Crippen LogP contribution in [0.15, 0.2) is 24.4 Å². The summed E-state index contributed by atoms with van der Waals surface area (Å²) in [4.78, 5) is 3.58. The molecule has 26 heavy (non-hydrogen) atoms. The van der Waals surface area contributed by atoms with E-state index >= 15 is 0 Å². The van der Waals surface area contributed by atoms with E-state index in [0.29, 0.717) is 4.52 Å². The van der Waals surface area contributed by atoms with Crippen molar-refractivity contribution < 1.29 is 31.1 Å². The van der Waals surface area contributed by atoms with Crippen molar-refractivity contribution in [1.29, 1.82) is 0 Å². The van der Waals surface area contributed by atoms with Gasteiger partial charge in [0.2, 0.25) is 0 Å². The Morgan fingerprint density at radius 1 is 1.15 bits per heavy atom. The highest BCUT2D eigenvalue weighted by Gasteiger charge is 2.37. The normalized spacial score (nSPS) is 13.4. The van der Waals surface area contributed by atoms with Gasteiger partial charge in [0.1, 0.15) is 0 Å². The molecule has 0 unspecified atom stereocenters. The Bertz CT molecular complexity index is 941. The van der Waals surface area contributed by atoms with Crippen LogP contribution in [0.4, 0.5) is 26.3 Å². The number of hydrogen-bond donors (Lipinski definition) is 0. The van der Waals surface area contributed by atoms with Crippen LogP contribution in [0.25, 0.3) is 16.9 Å². The summed E-state index contributed by atoms with van der Waals surface area (Å²) in [6.07, 6.45) is -8.15. The highest BCUT2D eigenvalue weighted by molar-refractivity contribution is 5.59. The fourth-order valence-electron chi connectivity index (χ4n) is 2.00. The van der Waals surface area contributed by atoms with Crippen molar-refractivity contribution in [2.24, 2.45) is 0 Å². The van der Waals surface area contributed by atoms with Gasteiger partial charge in [0.25, 0.3) is 18.1 Å². The van der Waals surface area contributed by atoms with Crippen LogP contribution < -0.4 is 4.74 Å². The maximum atomic E-state index is 14.0. The number of pyridine rings is 1. The molecule has 0 bridgehead atoms. The molecule has 0 aliphatic carbocycles. The highest BCUT2D eigenvalue weighted by atomic mass is 19.4. The summed E-state index contributed by atoms with van der Waals surface area (Å²) in [5.74, 6) is -3.05. The minimum absolute atomic E-state index is 0.0169. The van der Waals surface area contributed by atoms with Crippen LogP contribution >= 0.6 is 0 Å². The summed E-state index contributed by atoms with van der Waals surface area (Å²) < 4.78 is 82.7. The van der Waals surface area contributed by atoms with Crippen LogP contribution in [0, 0.1) is 5.82 Å². The number of nitrogens with zero attached hydrogens (tertiary/aromatic N) is 5. The van der Waals surface area contributed by atoms with E-state index in [1.54, 1.807) is 0 Å². The Labute approximate surface area is 141 Å². The molecule has 0 spiro atoms. The van der Waals surface area contributed by atoms with Gasteiger partial charge in [-0.15, -0.1) is 10.2 Å². The lowest BCUT2D eigenvalue weighted by Gasteiger charge is -2.13. The number of ether oxygens (including phenoxy) is 1. The Balaban J connectivity index is 1.97. The molecule has 0 N–H and O–H groups in total. The van der Waals surface area contributed by atoms with Gasteiger partial charge < -0.3 is 4.74 Å². The van der Waals surface area contributed by atoms with Crippen molar-refractivity contribution in [3.63, 3.8) is 0 Å². The van der Waals surface area contributed by atoms with Crippen molar-refractivity contribution >= 4 is 5.65 Å². The zero-order chi connectivity index (χ0) is 19.1. The van der Waals surface area contributed by atoms with Gasteiger partial charge in [-0.1, -0.05) is 0 Å². The predicted molar refractivity (Wildman–Crippen MR) is 75.1 cm³/mol. The first-order valence-corrected chi connectivity index (χ1v) is 7.07. The van der Waals surface area contributed by atoms with E-state index in [2.05, 4.69) is 25.0 Å². The molecule has 0 fully saturated rings. The largest absolute Gasteiger partial charge is 0.466 e. The summed E-state index contributed by atoms with van der Waals surface area (Å²) >= 11 is 0. The van der Waals surface area contributed by atoms with E-state index in [-0.39, 0.29) is 16.9 Å². The molecule has 3 heterocycles. The summed E-state index contributed by atoms with van der Waals surface area (Å²) in [6.45, 7) is 1.04. The van der Waals surface area contributed by atoms with Crippen molar-refractivity contribution in [3.05, 3.63) is 36.0 Å². The molecule has 3 aromatic rings. The standard InChI is InChI=1S/C14H9F6N5O/c1-6(11(16)17)26-12-8(15)4-7(5-21-12)9-2-3-10-22-23-13(14(18,19)20)25(10)24-9/h2-6,11H,1H3/t6-/m1/s1. The summed E-state index contributed by atoms with van der Waals surface area (Å²) in [6, 6.07) is 3.38. The van der Waals surface area contributed by atoms with Gasteiger partial charge in [-0.2, -0.15) is 22.8 Å². The van der Waals surface area contributed by atoms with Gasteiger partial charge in [-0.3, -0.25) is 0 Å². The molecule has 138 valence electrons. The molecule has 3 rings (SSSR count). The third-order valence-corrected chi connectivity index (χ3v) is 3.27. The maximum Gasteiger partial charge on any atom is 0.453 e. The third kappa shape index (κ3) is 3.39.